The summed E-state index contributed by atoms with van der Waals surface area (Å²) >= 11 is 2.38. The third kappa shape index (κ3) is 17.4. The topological polar surface area (TPSA) is 436 Å². The zero-order valence-corrected chi connectivity index (χ0v) is 51.6. The number of likely N-dealkylation sites (tertiary alicyclic amines) is 1. The van der Waals surface area contributed by atoms with Crippen molar-refractivity contribution >= 4 is 109 Å². The van der Waals surface area contributed by atoms with Crippen LogP contribution in [0, 0.1) is 17.8 Å². The lowest BCUT2D eigenvalue weighted by Gasteiger charge is -2.38. The summed E-state index contributed by atoms with van der Waals surface area (Å²) in [5, 5.41) is 54.0. The number of unbranched alkanes of at least 4 members (excludes halogenated alkanes) is 5. The molecule has 29 nitrogen and oxygen atoms in total. The van der Waals surface area contributed by atoms with Crippen molar-refractivity contribution < 1.29 is 81.8 Å². The Morgan fingerprint density at radius 1 is 0.818 bits per heavy atom. The maximum absolute atomic E-state index is 15.5. The molecule has 8 rings (SSSR count). The number of aromatic nitrogens is 1. The number of amides is 12. The normalized spacial score (nSPS) is 28.0. The van der Waals surface area contributed by atoms with Crippen LogP contribution in [-0.2, 0) is 74.8 Å². The number of primary amides is 1. The van der Waals surface area contributed by atoms with Gasteiger partial charge in [-0.1, -0.05) is 52.9 Å². The molecule has 480 valence electrons. The SMILES string of the molecule is CC[C@H](C)[C@@H]1NC(=O)CNC(=O)[C@H]2Cc3c4[nH]c5cc(ccc35)OC(C(CCCCCCNC(=O)CCCCCN3C(=O)C[CH]([Al])C3=O)C(=O)N[C@@H]([C@@H](C)[C@@H](O)CO)C(=O)N2)[C@@H]2C[C@@H](O)CN2C(=O)[C@H](CC(N)=O)NC(=O)[C@H](CS4=O)NC(=O)CNC1=O. The van der Waals surface area contributed by atoms with Crippen LogP contribution in [0.4, 0.5) is 0 Å². The van der Waals surface area contributed by atoms with Gasteiger partial charge in [-0.25, -0.2) is 0 Å². The molecule has 88 heavy (non-hydrogen) atoms. The van der Waals surface area contributed by atoms with Crippen molar-refractivity contribution in [2.24, 2.45) is 23.5 Å². The number of nitrogens with zero attached hydrogens (tertiary/aromatic N) is 2. The molecule has 12 amide bonds. The summed E-state index contributed by atoms with van der Waals surface area (Å²) in [7, 11) is -2.40. The predicted molar refractivity (Wildman–Crippen MR) is 314 cm³/mol. The van der Waals surface area contributed by atoms with Gasteiger partial charge in [0.05, 0.1) is 72.4 Å². The van der Waals surface area contributed by atoms with Crippen LogP contribution < -0.4 is 53.0 Å². The van der Waals surface area contributed by atoms with E-state index >= 15 is 18.6 Å². The minimum absolute atomic E-state index is 0.0403. The molecule has 0 saturated carbocycles. The Bertz CT molecular complexity index is 3000. The molecule has 1 aromatic heterocycles. The highest BCUT2D eigenvalue weighted by Crippen LogP contribution is 2.36. The van der Waals surface area contributed by atoms with Crippen molar-refractivity contribution in [1.82, 2.24) is 57.3 Å². The number of rotatable bonds is 20. The molecule has 2 saturated heterocycles. The smallest absolute Gasteiger partial charge is 0.246 e. The summed E-state index contributed by atoms with van der Waals surface area (Å²) in [6.07, 6.45) is -1.76. The number of carbonyl (C=O) groups excluding carboxylic acids is 12. The van der Waals surface area contributed by atoms with Gasteiger partial charge in [-0.15, -0.1) is 0 Å². The molecule has 31 heteroatoms. The lowest BCUT2D eigenvalue weighted by atomic mass is 9.86. The van der Waals surface area contributed by atoms with Gasteiger partial charge < -0.3 is 78.2 Å². The Morgan fingerprint density at radius 3 is 2.22 bits per heavy atom. The van der Waals surface area contributed by atoms with E-state index in [9.17, 15) is 58.5 Å². The Balaban J connectivity index is 1.27. The van der Waals surface area contributed by atoms with E-state index in [2.05, 4.69) is 63.8 Å². The first kappa shape index (κ1) is 68.5. The molecule has 2 fully saturated rings. The Morgan fingerprint density at radius 2 is 1.52 bits per heavy atom. The number of nitrogens with one attached hydrogen (secondary N) is 9. The summed E-state index contributed by atoms with van der Waals surface area (Å²) in [4.78, 5) is 172. The number of hydrogen-bond acceptors (Lipinski definition) is 17. The Hall–Kier alpha value is -7.04. The summed E-state index contributed by atoms with van der Waals surface area (Å²) in [5.41, 5.74) is 6.06. The monoisotopic (exact) mass is 1260 g/mol. The molecule has 2 aromatic rings. The van der Waals surface area contributed by atoms with E-state index in [1.54, 1.807) is 19.9 Å². The second-order valence-electron chi connectivity index (χ2n) is 23.4. The van der Waals surface area contributed by atoms with Crippen molar-refractivity contribution in [2.45, 2.75) is 175 Å². The molecule has 14 N–H and O–H groups in total. The number of benzene rings is 1. The van der Waals surface area contributed by atoms with Crippen LogP contribution in [0.5, 0.6) is 5.75 Å². The lowest BCUT2D eigenvalue weighted by Crippen LogP contribution is -2.62. The van der Waals surface area contributed by atoms with Crippen LogP contribution in [-0.4, -0.2) is 221 Å². The number of fused-ring (bicyclic) bond motifs is 9. The zero-order valence-electron chi connectivity index (χ0n) is 49.6. The summed E-state index contributed by atoms with van der Waals surface area (Å²) in [6, 6.07) is -5.02. The molecule has 0 aliphatic carbocycles. The molecule has 7 heterocycles. The number of imide groups is 1. The van der Waals surface area contributed by atoms with E-state index in [0.717, 1.165) is 4.90 Å². The summed E-state index contributed by atoms with van der Waals surface area (Å²) in [6.45, 7) is 2.55. The lowest BCUT2D eigenvalue weighted by molar-refractivity contribution is -0.143. The van der Waals surface area contributed by atoms with Gasteiger partial charge in [0.15, 0.2) is 0 Å². The second-order valence-corrected chi connectivity index (χ2v) is 25.7. The Kier molecular flexibility index (Phi) is 24.4. The van der Waals surface area contributed by atoms with Gasteiger partial charge in [0.1, 0.15) is 63.4 Å². The van der Waals surface area contributed by atoms with Gasteiger partial charge in [-0.05, 0) is 60.5 Å². The molecule has 6 aliphatic rings. The molecule has 0 spiro atoms. The van der Waals surface area contributed by atoms with Gasteiger partial charge in [-0.3, -0.25) is 66.6 Å². The number of aliphatic hydroxyl groups is 3. The van der Waals surface area contributed by atoms with Crippen LogP contribution in [0.15, 0.2) is 23.2 Å². The van der Waals surface area contributed by atoms with Crippen LogP contribution in [0.1, 0.15) is 110 Å². The second kappa shape index (κ2) is 31.4. The number of nitrogens with two attached hydrogens (primary N) is 1. The third-order valence-corrected chi connectivity index (χ3v) is 18.9. The van der Waals surface area contributed by atoms with Gasteiger partial charge >= 0.3 is 0 Å². The molecule has 14 atom stereocenters. The van der Waals surface area contributed by atoms with Gasteiger partial charge in [-0.2, -0.15) is 0 Å². The fraction of sp³-hybridized carbons (Fsp3) is 0.649. The fourth-order valence-corrected chi connectivity index (χ4v) is 13.5. The number of hydrogen-bond donors (Lipinski definition) is 13. The summed E-state index contributed by atoms with van der Waals surface area (Å²) in [5.74, 6) is -13.2. The van der Waals surface area contributed by atoms with Crippen LogP contribution in [0.2, 0.25) is 4.78 Å². The van der Waals surface area contributed by atoms with Crippen molar-refractivity contribution in [1.29, 1.82) is 0 Å². The van der Waals surface area contributed by atoms with E-state index in [1.807, 2.05) is 0 Å². The number of carbonyl (C=O) groups is 12. The largest absolute Gasteiger partial charge is 0.487 e. The highest BCUT2D eigenvalue weighted by Gasteiger charge is 2.49. The van der Waals surface area contributed by atoms with Gasteiger partial charge in [0.2, 0.25) is 70.9 Å². The highest BCUT2D eigenvalue weighted by molar-refractivity contribution is 7.85. The molecule has 8 bridgehead atoms. The quantitative estimate of drug-likeness (QED) is 0.0342. The van der Waals surface area contributed by atoms with E-state index in [1.165, 1.54) is 24.0 Å². The van der Waals surface area contributed by atoms with Gasteiger partial charge in [0.25, 0.3) is 0 Å². The van der Waals surface area contributed by atoms with Crippen molar-refractivity contribution in [3.8, 4) is 5.75 Å². The molecule has 2 radical (unpaired) electrons. The standard InChI is InChI=1S/C57H81N12O17S.Al/c1-4-29(2)48-54(82)61-24-44(75)62-39-28-87(85)56-35-22-37(52(80)60-25-45(76)66-48)63-55(83)49(30(3)41(72)27-70)67-51(79)34(12-8-5-6-10-18-59-43(74)13-9-7-11-19-68-46(77)16-17-47(68)78)50(86-32-14-15-33(35)36(21-32)65-56)40-20-31(71)26-69(40)57(84)38(23-42(58)73)64-53(39)81;/h14-16,21,29-31,34,37-41,48-50,65,70-72H,4-13,17-20,22-28H2,1-3H3,(H2,58,73)(H,59,74)(H,60,80)(H,61,82)(H,62,75)(H,63,83)(H,64,81)(H,66,76)(H,67,79);/t29-,30-,31+,34?,37+,38-,39-,40-,41-,48-,49-,50?,87?;/m0./s1. The minimum atomic E-state index is -2.40. The first-order chi connectivity index (χ1) is 41.9. The maximum Gasteiger partial charge on any atom is 0.246 e. The molecular weight excluding hydrogens is 1180 g/mol. The number of aliphatic hydroxyl groups excluding tert-OH is 3. The molecular formula is C57H81AlN12O17S. The first-order valence-electron chi connectivity index (χ1n) is 30.1. The van der Waals surface area contributed by atoms with E-state index in [-0.39, 0.29) is 71.7 Å². The predicted octanol–water partition coefficient (Wildman–Crippen LogP) is -3.91. The average molecular weight is 1270 g/mol. The van der Waals surface area contributed by atoms with E-state index in [4.69, 9.17) is 10.5 Å². The maximum atomic E-state index is 15.5. The highest BCUT2D eigenvalue weighted by atomic mass is 32.2. The van der Waals surface area contributed by atoms with Crippen molar-refractivity contribution in [3.05, 3.63) is 23.8 Å². The summed E-state index contributed by atoms with van der Waals surface area (Å²) < 4.78 is 21.5. The minimum Gasteiger partial charge on any atom is -0.487 e. The molecule has 6 aliphatic heterocycles. The van der Waals surface area contributed by atoms with Crippen LogP contribution in [0.3, 0.4) is 0 Å². The van der Waals surface area contributed by atoms with E-state index in [0.29, 0.717) is 63.4 Å². The molecule has 1 aromatic carbocycles. The van der Waals surface area contributed by atoms with Crippen LogP contribution in [0.25, 0.3) is 10.9 Å². The number of H-pyrrole nitrogens is 1. The molecule has 4 unspecified atom stereocenters. The van der Waals surface area contributed by atoms with Crippen molar-refractivity contribution in [3.63, 3.8) is 0 Å². The fourth-order valence-electron chi connectivity index (χ4n) is 11.7. The zero-order chi connectivity index (χ0) is 64.1. The Labute approximate surface area is 518 Å². The van der Waals surface area contributed by atoms with Gasteiger partial charge in [0, 0.05) is 56.3 Å². The van der Waals surface area contributed by atoms with E-state index < -0.39 is 186 Å². The number of ether oxygens (including phenoxy) is 1. The van der Waals surface area contributed by atoms with Crippen LogP contribution >= 0.6 is 0 Å². The third-order valence-electron chi connectivity index (χ3n) is 17.0. The number of aromatic amines is 1. The van der Waals surface area contributed by atoms with Crippen molar-refractivity contribution in [2.75, 3.05) is 45.1 Å². The average Bonchev–Trinajstić information content (AvgIpc) is 3.49. The first-order valence-corrected chi connectivity index (χ1v) is 32.0.